The molecule has 7 nitrogen and oxygen atoms in total. The summed E-state index contributed by atoms with van der Waals surface area (Å²) >= 11 is 0. The molecule has 2 heterocycles. The Morgan fingerprint density at radius 2 is 2.05 bits per heavy atom. The molecule has 0 saturated heterocycles. The molecule has 0 saturated carbocycles. The third kappa shape index (κ3) is 2.48. The van der Waals surface area contributed by atoms with Crippen molar-refractivity contribution >= 4 is 11.7 Å². The van der Waals surface area contributed by atoms with E-state index in [9.17, 15) is 9.90 Å². The summed E-state index contributed by atoms with van der Waals surface area (Å²) in [6.45, 7) is 4.01. The highest BCUT2D eigenvalue weighted by Crippen LogP contribution is 2.15. The Hall–Kier alpha value is -2.96. The average molecular weight is 297 g/mol. The first-order valence-electron chi connectivity index (χ1n) is 6.80. The van der Waals surface area contributed by atoms with E-state index in [1.54, 1.807) is 22.6 Å². The largest absolute Gasteiger partial charge is 0.507 e. The van der Waals surface area contributed by atoms with Gasteiger partial charge < -0.3 is 10.4 Å². The SMILES string of the molecule is Cc1cc(C)n2c(CNC(=O)c3ccccc3O)nnc2n1. The van der Waals surface area contributed by atoms with E-state index in [-0.39, 0.29) is 23.8 Å². The number of para-hydroxylation sites is 1. The number of hydrogen-bond acceptors (Lipinski definition) is 5. The van der Waals surface area contributed by atoms with E-state index in [4.69, 9.17) is 0 Å². The molecule has 7 heteroatoms. The van der Waals surface area contributed by atoms with Gasteiger partial charge in [0.15, 0.2) is 5.82 Å². The summed E-state index contributed by atoms with van der Waals surface area (Å²) in [7, 11) is 0. The van der Waals surface area contributed by atoms with Crippen molar-refractivity contribution in [1.82, 2.24) is 24.9 Å². The second-order valence-corrected chi connectivity index (χ2v) is 4.99. The van der Waals surface area contributed by atoms with Gasteiger partial charge in [0.1, 0.15) is 5.75 Å². The molecule has 2 aromatic heterocycles. The van der Waals surface area contributed by atoms with Gasteiger partial charge in [0.2, 0.25) is 0 Å². The zero-order valence-corrected chi connectivity index (χ0v) is 12.2. The molecule has 0 unspecified atom stereocenters. The van der Waals surface area contributed by atoms with E-state index < -0.39 is 0 Å². The third-order valence-corrected chi connectivity index (χ3v) is 3.32. The molecular formula is C15H15N5O2. The van der Waals surface area contributed by atoms with Crippen LogP contribution >= 0.6 is 0 Å². The van der Waals surface area contributed by atoms with Crippen LogP contribution in [-0.2, 0) is 6.54 Å². The van der Waals surface area contributed by atoms with E-state index in [0.717, 1.165) is 11.4 Å². The van der Waals surface area contributed by atoms with Crippen molar-refractivity contribution in [3.8, 4) is 5.75 Å². The zero-order valence-electron chi connectivity index (χ0n) is 12.2. The number of phenols is 1. The van der Waals surface area contributed by atoms with Gasteiger partial charge in [-0.15, -0.1) is 10.2 Å². The highest BCUT2D eigenvalue weighted by molar-refractivity contribution is 5.96. The molecule has 0 aliphatic carbocycles. The van der Waals surface area contributed by atoms with Gasteiger partial charge in [-0.05, 0) is 32.0 Å². The summed E-state index contributed by atoms with van der Waals surface area (Å²) in [5.74, 6) is 0.667. The van der Waals surface area contributed by atoms with Gasteiger partial charge in [0, 0.05) is 11.4 Å². The van der Waals surface area contributed by atoms with Crippen LogP contribution in [0.2, 0.25) is 0 Å². The van der Waals surface area contributed by atoms with Crippen LogP contribution in [0.5, 0.6) is 5.75 Å². The van der Waals surface area contributed by atoms with Crippen LogP contribution in [0.3, 0.4) is 0 Å². The highest BCUT2D eigenvalue weighted by Gasteiger charge is 2.13. The van der Waals surface area contributed by atoms with Crippen LogP contribution in [-0.4, -0.2) is 30.6 Å². The molecule has 1 amide bonds. The molecule has 0 aliphatic rings. The monoisotopic (exact) mass is 297 g/mol. The van der Waals surface area contributed by atoms with Crippen molar-refractivity contribution in [2.45, 2.75) is 20.4 Å². The second-order valence-electron chi connectivity index (χ2n) is 4.99. The quantitative estimate of drug-likeness (QED) is 0.762. The van der Waals surface area contributed by atoms with E-state index >= 15 is 0 Å². The van der Waals surface area contributed by atoms with Gasteiger partial charge in [-0.3, -0.25) is 9.20 Å². The standard InChI is InChI=1S/C15H15N5O2/c1-9-7-10(2)20-13(18-19-15(20)17-9)8-16-14(22)11-5-3-4-6-12(11)21/h3-7,21H,8H2,1-2H3,(H,16,22). The normalized spacial score (nSPS) is 10.8. The predicted molar refractivity (Wildman–Crippen MR) is 79.5 cm³/mol. The maximum atomic E-state index is 12.1. The molecule has 0 atom stereocenters. The Bertz CT molecular complexity index is 856. The molecular weight excluding hydrogens is 282 g/mol. The molecule has 112 valence electrons. The Balaban J connectivity index is 1.83. The summed E-state index contributed by atoms with van der Waals surface area (Å²) in [5, 5.41) is 20.5. The summed E-state index contributed by atoms with van der Waals surface area (Å²) in [6.07, 6.45) is 0. The number of aryl methyl sites for hydroxylation is 2. The maximum Gasteiger partial charge on any atom is 0.255 e. The summed E-state index contributed by atoms with van der Waals surface area (Å²) in [6, 6.07) is 8.30. The fourth-order valence-corrected chi connectivity index (χ4v) is 2.33. The fourth-order valence-electron chi connectivity index (χ4n) is 2.33. The first-order valence-corrected chi connectivity index (χ1v) is 6.80. The Labute approximate surface area is 126 Å². The minimum Gasteiger partial charge on any atom is -0.507 e. The first-order chi connectivity index (χ1) is 10.6. The van der Waals surface area contributed by atoms with E-state index in [0.29, 0.717) is 11.6 Å². The number of aromatic hydroxyl groups is 1. The molecule has 0 bridgehead atoms. The lowest BCUT2D eigenvalue weighted by molar-refractivity contribution is 0.0947. The predicted octanol–water partition coefficient (Wildman–Crippen LogP) is 1.38. The van der Waals surface area contributed by atoms with Crippen molar-refractivity contribution in [3.63, 3.8) is 0 Å². The number of phenolic OH excluding ortho intramolecular Hbond substituents is 1. The van der Waals surface area contributed by atoms with Crippen LogP contribution in [0.1, 0.15) is 27.6 Å². The van der Waals surface area contributed by atoms with E-state index in [1.165, 1.54) is 6.07 Å². The minimum absolute atomic E-state index is 0.0560. The molecule has 1 aromatic carbocycles. The second kappa shape index (κ2) is 5.44. The van der Waals surface area contributed by atoms with Crippen molar-refractivity contribution in [2.24, 2.45) is 0 Å². The number of benzene rings is 1. The maximum absolute atomic E-state index is 12.1. The number of nitrogens with one attached hydrogen (secondary N) is 1. The molecule has 0 spiro atoms. The summed E-state index contributed by atoms with van der Waals surface area (Å²) < 4.78 is 1.79. The van der Waals surface area contributed by atoms with E-state index in [2.05, 4.69) is 20.5 Å². The number of hydrogen-bond donors (Lipinski definition) is 2. The van der Waals surface area contributed by atoms with E-state index in [1.807, 2.05) is 19.9 Å². The topological polar surface area (TPSA) is 92.4 Å². The first kappa shape index (κ1) is 14.0. The van der Waals surface area contributed by atoms with Gasteiger partial charge >= 0.3 is 0 Å². The number of amides is 1. The number of aromatic nitrogens is 4. The molecule has 22 heavy (non-hydrogen) atoms. The highest BCUT2D eigenvalue weighted by atomic mass is 16.3. The summed E-state index contributed by atoms with van der Waals surface area (Å²) in [4.78, 5) is 16.4. The molecule has 3 rings (SSSR count). The van der Waals surface area contributed by atoms with Gasteiger partial charge in [0.05, 0.1) is 12.1 Å². The van der Waals surface area contributed by atoms with Crippen LogP contribution in [0.4, 0.5) is 0 Å². The number of carbonyl (C=O) groups is 1. The van der Waals surface area contributed by atoms with Crippen LogP contribution in [0.15, 0.2) is 30.3 Å². The fraction of sp³-hybridized carbons (Fsp3) is 0.200. The van der Waals surface area contributed by atoms with Crippen LogP contribution < -0.4 is 5.32 Å². The van der Waals surface area contributed by atoms with Crippen molar-refractivity contribution in [1.29, 1.82) is 0 Å². The smallest absolute Gasteiger partial charge is 0.255 e. The number of carbonyl (C=O) groups excluding carboxylic acids is 1. The van der Waals surface area contributed by atoms with Gasteiger partial charge in [-0.2, -0.15) is 0 Å². The third-order valence-electron chi connectivity index (χ3n) is 3.32. The number of rotatable bonds is 3. The molecule has 3 aromatic rings. The molecule has 0 radical (unpaired) electrons. The van der Waals surface area contributed by atoms with Gasteiger partial charge in [0.25, 0.3) is 11.7 Å². The Morgan fingerprint density at radius 3 is 2.82 bits per heavy atom. The van der Waals surface area contributed by atoms with Crippen LogP contribution in [0.25, 0.3) is 5.78 Å². The van der Waals surface area contributed by atoms with Gasteiger partial charge in [-0.1, -0.05) is 12.1 Å². The average Bonchev–Trinajstić information content (AvgIpc) is 2.88. The van der Waals surface area contributed by atoms with Crippen molar-refractivity contribution < 1.29 is 9.90 Å². The molecule has 0 aliphatic heterocycles. The Kier molecular flexibility index (Phi) is 3.46. The lowest BCUT2D eigenvalue weighted by Crippen LogP contribution is -2.24. The van der Waals surface area contributed by atoms with Crippen molar-refractivity contribution in [2.75, 3.05) is 0 Å². The lowest BCUT2D eigenvalue weighted by Gasteiger charge is -2.07. The Morgan fingerprint density at radius 1 is 1.27 bits per heavy atom. The molecule has 0 fully saturated rings. The number of fused-ring (bicyclic) bond motifs is 1. The van der Waals surface area contributed by atoms with Gasteiger partial charge in [-0.25, -0.2) is 4.98 Å². The lowest BCUT2D eigenvalue weighted by atomic mass is 10.2. The zero-order chi connectivity index (χ0) is 15.7. The number of nitrogens with zero attached hydrogens (tertiary/aromatic N) is 4. The van der Waals surface area contributed by atoms with Crippen molar-refractivity contribution in [3.05, 3.63) is 53.1 Å². The minimum atomic E-state index is -0.368. The summed E-state index contributed by atoms with van der Waals surface area (Å²) in [5.41, 5.74) is 2.03. The van der Waals surface area contributed by atoms with Crippen LogP contribution in [0, 0.1) is 13.8 Å². The molecule has 2 N–H and O–H groups in total.